The lowest BCUT2D eigenvalue weighted by molar-refractivity contribution is 0.498. The molecular formula is C17H25NS. The summed E-state index contributed by atoms with van der Waals surface area (Å²) >= 11 is 2.12. The van der Waals surface area contributed by atoms with Gasteiger partial charge in [0.05, 0.1) is 0 Å². The summed E-state index contributed by atoms with van der Waals surface area (Å²) in [5.74, 6) is 0. The molecule has 0 fully saturated rings. The summed E-state index contributed by atoms with van der Waals surface area (Å²) < 4.78 is 0. The lowest BCUT2D eigenvalue weighted by Crippen LogP contribution is -2.27. The minimum absolute atomic E-state index is 0.589. The van der Waals surface area contributed by atoms with Gasteiger partial charge in [-0.1, -0.05) is 26.3 Å². The molecule has 0 bridgehead atoms. The van der Waals surface area contributed by atoms with Gasteiger partial charge in [0.15, 0.2) is 0 Å². The van der Waals surface area contributed by atoms with Crippen LogP contribution in [0, 0.1) is 0 Å². The van der Waals surface area contributed by atoms with Crippen LogP contribution < -0.4 is 5.32 Å². The summed E-state index contributed by atoms with van der Waals surface area (Å²) in [7, 11) is 0. The molecular weight excluding hydrogens is 250 g/mol. The SMILES string of the molecule is CCCNC1c2cc3c(cc2SC1CCC)CCC3. The van der Waals surface area contributed by atoms with Gasteiger partial charge in [-0.15, -0.1) is 11.8 Å². The maximum absolute atomic E-state index is 3.79. The van der Waals surface area contributed by atoms with E-state index in [0.29, 0.717) is 6.04 Å². The largest absolute Gasteiger partial charge is 0.309 e. The van der Waals surface area contributed by atoms with E-state index in [1.165, 1.54) is 38.5 Å². The van der Waals surface area contributed by atoms with Crippen LogP contribution >= 0.6 is 11.8 Å². The van der Waals surface area contributed by atoms with Gasteiger partial charge in [-0.2, -0.15) is 0 Å². The number of fused-ring (bicyclic) bond motifs is 2. The molecule has 0 aromatic heterocycles. The third-order valence-corrected chi connectivity index (χ3v) is 5.81. The van der Waals surface area contributed by atoms with Gasteiger partial charge in [0.2, 0.25) is 0 Å². The van der Waals surface area contributed by atoms with E-state index in [-0.39, 0.29) is 0 Å². The van der Waals surface area contributed by atoms with Crippen molar-refractivity contribution in [3.8, 4) is 0 Å². The van der Waals surface area contributed by atoms with Gasteiger partial charge in [-0.05, 0) is 61.4 Å². The Morgan fingerprint density at radius 3 is 2.68 bits per heavy atom. The normalized spacial score (nSPS) is 24.5. The van der Waals surface area contributed by atoms with E-state index in [1.807, 2.05) is 0 Å². The molecule has 1 heterocycles. The highest BCUT2D eigenvalue weighted by Crippen LogP contribution is 2.47. The molecule has 3 rings (SSSR count). The fourth-order valence-corrected chi connectivity index (χ4v) is 5.04. The van der Waals surface area contributed by atoms with Crippen LogP contribution in [0.4, 0.5) is 0 Å². The van der Waals surface area contributed by atoms with Gasteiger partial charge in [0.1, 0.15) is 0 Å². The number of aryl methyl sites for hydroxylation is 2. The summed E-state index contributed by atoms with van der Waals surface area (Å²) in [6.07, 6.45) is 7.79. The third kappa shape index (κ3) is 2.57. The van der Waals surface area contributed by atoms with Gasteiger partial charge in [0.25, 0.3) is 0 Å². The van der Waals surface area contributed by atoms with Crippen LogP contribution in [-0.2, 0) is 12.8 Å². The van der Waals surface area contributed by atoms with Crippen molar-refractivity contribution < 1.29 is 0 Å². The quantitative estimate of drug-likeness (QED) is 0.849. The zero-order valence-electron chi connectivity index (χ0n) is 12.2. The number of benzene rings is 1. The summed E-state index contributed by atoms with van der Waals surface area (Å²) in [6, 6.07) is 5.61. The second-order valence-corrected chi connectivity index (χ2v) is 7.17. The van der Waals surface area contributed by atoms with Crippen LogP contribution in [0.25, 0.3) is 0 Å². The van der Waals surface area contributed by atoms with Crippen LogP contribution in [0.3, 0.4) is 0 Å². The summed E-state index contributed by atoms with van der Waals surface area (Å²) in [6.45, 7) is 5.70. The third-order valence-electron chi connectivity index (χ3n) is 4.40. The van der Waals surface area contributed by atoms with Crippen molar-refractivity contribution in [1.29, 1.82) is 0 Å². The Morgan fingerprint density at radius 1 is 1.16 bits per heavy atom. The first kappa shape index (κ1) is 13.5. The average molecular weight is 275 g/mol. The van der Waals surface area contributed by atoms with Gasteiger partial charge in [0, 0.05) is 16.2 Å². The Labute approximate surface area is 121 Å². The van der Waals surface area contributed by atoms with Crippen molar-refractivity contribution in [2.24, 2.45) is 0 Å². The van der Waals surface area contributed by atoms with Crippen molar-refractivity contribution in [1.82, 2.24) is 5.32 Å². The number of hydrogen-bond acceptors (Lipinski definition) is 2. The molecule has 1 aliphatic heterocycles. The van der Waals surface area contributed by atoms with Gasteiger partial charge >= 0.3 is 0 Å². The Hall–Kier alpha value is -0.470. The summed E-state index contributed by atoms with van der Waals surface area (Å²) in [4.78, 5) is 1.56. The summed E-state index contributed by atoms with van der Waals surface area (Å²) in [5, 5.41) is 4.54. The molecule has 2 heteroatoms. The van der Waals surface area contributed by atoms with E-state index in [1.54, 1.807) is 21.6 Å². The van der Waals surface area contributed by atoms with Crippen LogP contribution in [0.15, 0.2) is 17.0 Å². The Balaban J connectivity index is 1.88. The van der Waals surface area contributed by atoms with E-state index in [9.17, 15) is 0 Å². The Morgan fingerprint density at radius 2 is 1.95 bits per heavy atom. The molecule has 19 heavy (non-hydrogen) atoms. The molecule has 0 saturated carbocycles. The van der Waals surface area contributed by atoms with Crippen LogP contribution in [0.1, 0.15) is 62.3 Å². The van der Waals surface area contributed by atoms with E-state index in [2.05, 4.69) is 43.1 Å². The predicted molar refractivity (Wildman–Crippen MR) is 84.1 cm³/mol. The zero-order chi connectivity index (χ0) is 13.2. The predicted octanol–water partition coefficient (Wildman–Crippen LogP) is 4.49. The number of rotatable bonds is 5. The van der Waals surface area contributed by atoms with Crippen LogP contribution in [-0.4, -0.2) is 11.8 Å². The lowest BCUT2D eigenvalue weighted by Gasteiger charge is -2.20. The lowest BCUT2D eigenvalue weighted by atomic mass is 9.97. The molecule has 0 amide bonds. The van der Waals surface area contributed by atoms with Crippen molar-refractivity contribution in [2.75, 3.05) is 6.54 Å². The molecule has 0 radical (unpaired) electrons. The first-order chi connectivity index (χ1) is 9.33. The first-order valence-corrected chi connectivity index (χ1v) is 8.77. The number of hydrogen-bond donors (Lipinski definition) is 1. The van der Waals surface area contributed by atoms with E-state index >= 15 is 0 Å². The van der Waals surface area contributed by atoms with Crippen molar-refractivity contribution in [3.63, 3.8) is 0 Å². The molecule has 0 saturated heterocycles. The Bertz CT molecular complexity index is 455. The van der Waals surface area contributed by atoms with Gasteiger partial charge in [-0.3, -0.25) is 0 Å². The molecule has 104 valence electrons. The standard InChI is InChI=1S/C17H25NS/c1-3-6-15-17(18-9-4-2)14-10-12-7-5-8-13(12)11-16(14)19-15/h10-11,15,17-18H,3-9H2,1-2H3. The Kier molecular flexibility index (Phi) is 4.18. The fourth-order valence-electron chi connectivity index (χ4n) is 3.45. The topological polar surface area (TPSA) is 12.0 Å². The monoisotopic (exact) mass is 275 g/mol. The van der Waals surface area contributed by atoms with Crippen molar-refractivity contribution in [3.05, 3.63) is 28.8 Å². The van der Waals surface area contributed by atoms with E-state index in [4.69, 9.17) is 0 Å². The van der Waals surface area contributed by atoms with E-state index in [0.717, 1.165) is 11.8 Å². The number of nitrogens with one attached hydrogen (secondary N) is 1. The van der Waals surface area contributed by atoms with E-state index < -0.39 is 0 Å². The highest BCUT2D eigenvalue weighted by Gasteiger charge is 2.33. The molecule has 2 unspecified atom stereocenters. The molecule has 1 nitrogen and oxygen atoms in total. The number of thioether (sulfide) groups is 1. The minimum Gasteiger partial charge on any atom is -0.309 e. The molecule has 1 aromatic rings. The van der Waals surface area contributed by atoms with Crippen molar-refractivity contribution >= 4 is 11.8 Å². The highest BCUT2D eigenvalue weighted by atomic mass is 32.2. The smallest absolute Gasteiger partial charge is 0.0455 e. The maximum Gasteiger partial charge on any atom is 0.0455 e. The molecule has 1 aromatic carbocycles. The molecule has 0 spiro atoms. The average Bonchev–Trinajstić information content (AvgIpc) is 2.98. The fraction of sp³-hybridized carbons (Fsp3) is 0.647. The second kappa shape index (κ2) is 5.88. The summed E-state index contributed by atoms with van der Waals surface area (Å²) in [5.41, 5.74) is 4.84. The molecule has 2 aliphatic rings. The highest BCUT2D eigenvalue weighted by molar-refractivity contribution is 8.00. The molecule has 1 N–H and O–H groups in total. The van der Waals surface area contributed by atoms with Gasteiger partial charge in [-0.25, -0.2) is 0 Å². The van der Waals surface area contributed by atoms with Gasteiger partial charge < -0.3 is 5.32 Å². The second-order valence-electron chi connectivity index (χ2n) is 5.89. The first-order valence-electron chi connectivity index (χ1n) is 7.89. The zero-order valence-corrected chi connectivity index (χ0v) is 13.0. The van der Waals surface area contributed by atoms with Crippen LogP contribution in [0.2, 0.25) is 0 Å². The van der Waals surface area contributed by atoms with Crippen molar-refractivity contribution in [2.45, 2.75) is 68.6 Å². The molecule has 1 aliphatic carbocycles. The van der Waals surface area contributed by atoms with Crippen LogP contribution in [0.5, 0.6) is 0 Å². The molecule has 2 atom stereocenters. The minimum atomic E-state index is 0.589. The maximum atomic E-state index is 3.79.